The largest absolute Gasteiger partial charge is 0.324 e. The summed E-state index contributed by atoms with van der Waals surface area (Å²) in [5.74, 6) is 0.607. The van der Waals surface area contributed by atoms with Crippen molar-refractivity contribution in [2.75, 3.05) is 0 Å². The van der Waals surface area contributed by atoms with Crippen molar-refractivity contribution in [3.8, 4) is 0 Å². The Hall–Kier alpha value is 0.0500. The molecule has 1 aliphatic rings. The summed E-state index contributed by atoms with van der Waals surface area (Å²) < 4.78 is 0. The van der Waals surface area contributed by atoms with E-state index in [1.807, 2.05) is 12.1 Å². The highest BCUT2D eigenvalue weighted by Crippen LogP contribution is 2.42. The number of hydrogen-bond acceptors (Lipinski definition) is 1. The maximum Gasteiger partial charge on any atom is 0.0640 e. The van der Waals surface area contributed by atoms with Gasteiger partial charge in [-0.2, -0.15) is 0 Å². The molecule has 0 bridgehead atoms. The fraction of sp³-hybridized carbons (Fsp3) is 0.400. The van der Waals surface area contributed by atoms with Crippen LogP contribution in [0.2, 0.25) is 10.0 Å². The van der Waals surface area contributed by atoms with E-state index in [9.17, 15) is 0 Å². The van der Waals surface area contributed by atoms with Crippen molar-refractivity contribution in [3.05, 3.63) is 33.8 Å². The van der Waals surface area contributed by atoms with E-state index in [4.69, 9.17) is 28.9 Å². The first-order chi connectivity index (χ1) is 6.20. The molecule has 78 valence electrons. The lowest BCUT2D eigenvalue weighted by Crippen LogP contribution is -2.12. The molecule has 4 heteroatoms. The summed E-state index contributed by atoms with van der Waals surface area (Å²) in [5, 5.41) is 1.21. The molecular formula is C10H12Cl3N. The van der Waals surface area contributed by atoms with Crippen LogP contribution in [0, 0.1) is 5.92 Å². The van der Waals surface area contributed by atoms with Gasteiger partial charge in [0.15, 0.2) is 0 Å². The third-order valence-corrected chi connectivity index (χ3v) is 3.30. The molecule has 0 heterocycles. The van der Waals surface area contributed by atoms with Crippen LogP contribution in [0.15, 0.2) is 18.2 Å². The van der Waals surface area contributed by atoms with E-state index >= 15 is 0 Å². The average Bonchev–Trinajstić information content (AvgIpc) is 2.91. The molecule has 1 aliphatic carbocycles. The zero-order valence-electron chi connectivity index (χ0n) is 7.54. The molecule has 2 rings (SSSR count). The van der Waals surface area contributed by atoms with E-state index in [1.54, 1.807) is 6.07 Å². The van der Waals surface area contributed by atoms with Crippen LogP contribution >= 0.6 is 35.6 Å². The van der Waals surface area contributed by atoms with Gasteiger partial charge in [0, 0.05) is 6.04 Å². The molecule has 0 spiro atoms. The number of halogens is 3. The number of benzene rings is 1. The molecule has 1 saturated carbocycles. The van der Waals surface area contributed by atoms with Crippen LogP contribution in [0.1, 0.15) is 24.4 Å². The Morgan fingerprint density at radius 3 is 2.50 bits per heavy atom. The van der Waals surface area contributed by atoms with E-state index < -0.39 is 0 Å². The van der Waals surface area contributed by atoms with Gasteiger partial charge in [0.2, 0.25) is 0 Å². The highest BCUT2D eigenvalue weighted by molar-refractivity contribution is 6.42. The van der Waals surface area contributed by atoms with Crippen LogP contribution in [0.25, 0.3) is 0 Å². The molecule has 0 saturated heterocycles. The third-order valence-electron chi connectivity index (χ3n) is 2.47. The van der Waals surface area contributed by atoms with Crippen LogP contribution in [0.5, 0.6) is 0 Å². The van der Waals surface area contributed by atoms with E-state index in [0.29, 0.717) is 16.0 Å². The first-order valence-electron chi connectivity index (χ1n) is 4.39. The van der Waals surface area contributed by atoms with E-state index in [2.05, 4.69) is 0 Å². The zero-order valence-corrected chi connectivity index (χ0v) is 9.87. The van der Waals surface area contributed by atoms with Crippen LogP contribution < -0.4 is 5.73 Å². The maximum atomic E-state index is 6.05. The number of hydrogen-bond donors (Lipinski definition) is 1. The molecule has 1 atom stereocenters. The smallest absolute Gasteiger partial charge is 0.0640 e. The van der Waals surface area contributed by atoms with Crippen molar-refractivity contribution < 1.29 is 0 Å². The Morgan fingerprint density at radius 2 is 1.93 bits per heavy atom. The molecule has 2 N–H and O–H groups in total. The molecule has 1 fully saturated rings. The van der Waals surface area contributed by atoms with Crippen molar-refractivity contribution >= 4 is 35.6 Å². The van der Waals surface area contributed by atoms with Crippen LogP contribution in [-0.4, -0.2) is 0 Å². The minimum absolute atomic E-state index is 0. The lowest BCUT2D eigenvalue weighted by atomic mass is 10.0. The summed E-state index contributed by atoms with van der Waals surface area (Å²) in [5.41, 5.74) is 7.01. The Morgan fingerprint density at radius 1 is 1.29 bits per heavy atom. The summed E-state index contributed by atoms with van der Waals surface area (Å²) >= 11 is 11.9. The lowest BCUT2D eigenvalue weighted by Gasteiger charge is -2.12. The fourth-order valence-corrected chi connectivity index (χ4v) is 1.92. The summed E-state index contributed by atoms with van der Waals surface area (Å²) in [6.07, 6.45) is 2.42. The molecule has 14 heavy (non-hydrogen) atoms. The third kappa shape index (κ3) is 2.34. The van der Waals surface area contributed by atoms with Crippen LogP contribution in [0.3, 0.4) is 0 Å². The van der Waals surface area contributed by atoms with Crippen molar-refractivity contribution in [2.24, 2.45) is 11.7 Å². The Bertz CT molecular complexity index is 323. The highest BCUT2D eigenvalue weighted by Gasteiger charge is 2.30. The zero-order chi connectivity index (χ0) is 9.42. The molecule has 0 unspecified atom stereocenters. The van der Waals surface area contributed by atoms with Crippen LogP contribution in [0.4, 0.5) is 0 Å². The second-order valence-corrected chi connectivity index (χ2v) is 4.29. The second kappa shape index (κ2) is 4.71. The monoisotopic (exact) mass is 251 g/mol. The van der Waals surface area contributed by atoms with Crippen molar-refractivity contribution in [1.29, 1.82) is 0 Å². The first-order valence-corrected chi connectivity index (χ1v) is 5.15. The molecule has 1 aromatic rings. The molecule has 1 aromatic carbocycles. The van der Waals surface area contributed by atoms with Gasteiger partial charge in [-0.3, -0.25) is 0 Å². The van der Waals surface area contributed by atoms with Crippen molar-refractivity contribution in [1.82, 2.24) is 0 Å². The molecule has 0 aliphatic heterocycles. The molecule has 0 amide bonds. The minimum atomic E-state index is 0. The number of rotatable bonds is 2. The Balaban J connectivity index is 0.000000980. The first kappa shape index (κ1) is 12.1. The summed E-state index contributed by atoms with van der Waals surface area (Å²) in [4.78, 5) is 0. The standard InChI is InChI=1S/C10H11Cl2N.ClH/c11-8-3-1-2-7(9(8)12)10(13)6-4-5-6;/h1-3,6,10H,4-5,13H2;1H/t10-;/m0./s1. The van der Waals surface area contributed by atoms with Gasteiger partial charge in [0.25, 0.3) is 0 Å². The van der Waals surface area contributed by atoms with Gasteiger partial charge in [-0.15, -0.1) is 12.4 Å². The van der Waals surface area contributed by atoms with Gasteiger partial charge < -0.3 is 5.73 Å². The van der Waals surface area contributed by atoms with Crippen LogP contribution in [-0.2, 0) is 0 Å². The highest BCUT2D eigenvalue weighted by atomic mass is 35.5. The topological polar surface area (TPSA) is 26.0 Å². The predicted molar refractivity (Wildman–Crippen MR) is 63.4 cm³/mol. The van der Waals surface area contributed by atoms with Gasteiger partial charge in [-0.1, -0.05) is 35.3 Å². The molecule has 0 aromatic heterocycles. The normalized spacial score (nSPS) is 17.4. The lowest BCUT2D eigenvalue weighted by molar-refractivity contribution is 0.634. The van der Waals surface area contributed by atoms with Gasteiger partial charge in [0.05, 0.1) is 10.0 Å². The van der Waals surface area contributed by atoms with Gasteiger partial charge in [0.1, 0.15) is 0 Å². The SMILES string of the molecule is Cl.N[C@H](c1cccc(Cl)c1Cl)C1CC1. The summed E-state index contributed by atoms with van der Waals surface area (Å²) in [6.45, 7) is 0. The van der Waals surface area contributed by atoms with Gasteiger partial charge >= 0.3 is 0 Å². The number of nitrogens with two attached hydrogens (primary N) is 1. The maximum absolute atomic E-state index is 6.05. The average molecular weight is 253 g/mol. The predicted octanol–water partition coefficient (Wildman–Crippen LogP) is 3.83. The van der Waals surface area contributed by atoms with Gasteiger partial charge in [-0.05, 0) is 30.4 Å². The van der Waals surface area contributed by atoms with Crippen molar-refractivity contribution in [2.45, 2.75) is 18.9 Å². The van der Waals surface area contributed by atoms with E-state index in [-0.39, 0.29) is 18.4 Å². The summed E-state index contributed by atoms with van der Waals surface area (Å²) in [6, 6.07) is 5.70. The fourth-order valence-electron chi connectivity index (χ4n) is 1.49. The Labute approximate surface area is 100.0 Å². The second-order valence-electron chi connectivity index (χ2n) is 3.51. The summed E-state index contributed by atoms with van der Waals surface area (Å²) in [7, 11) is 0. The minimum Gasteiger partial charge on any atom is -0.324 e. The van der Waals surface area contributed by atoms with Crippen molar-refractivity contribution in [3.63, 3.8) is 0 Å². The molecule has 0 radical (unpaired) electrons. The quantitative estimate of drug-likeness (QED) is 0.851. The molecule has 1 nitrogen and oxygen atoms in total. The molecular weight excluding hydrogens is 240 g/mol. The van der Waals surface area contributed by atoms with E-state index in [0.717, 1.165) is 5.56 Å². The Kier molecular flexibility index (Phi) is 4.08. The van der Waals surface area contributed by atoms with Gasteiger partial charge in [-0.25, -0.2) is 0 Å². The van der Waals surface area contributed by atoms with E-state index in [1.165, 1.54) is 12.8 Å².